The first-order chi connectivity index (χ1) is 29.2. The molecule has 4 aromatic rings. The minimum Gasteiger partial charge on any atom is -0.486 e. The van der Waals surface area contributed by atoms with E-state index in [0.29, 0.717) is 34.9 Å². The van der Waals surface area contributed by atoms with Gasteiger partial charge in [0.1, 0.15) is 40.9 Å². The Morgan fingerprint density at radius 3 is 2.21 bits per heavy atom. The molecular formula is C45H50Cl2F4N4O7. The Kier molecular flexibility index (Phi) is 14.4. The summed E-state index contributed by atoms with van der Waals surface area (Å²) in [4.78, 5) is 45.4. The fraction of sp³-hybridized carbons (Fsp3) is 0.467. The van der Waals surface area contributed by atoms with Crippen molar-refractivity contribution in [2.45, 2.75) is 110 Å². The second-order valence-corrected chi connectivity index (χ2v) is 18.3. The van der Waals surface area contributed by atoms with E-state index in [4.69, 9.17) is 41.9 Å². The average molecular weight is 906 g/mol. The van der Waals surface area contributed by atoms with Crippen LogP contribution in [0.15, 0.2) is 65.2 Å². The van der Waals surface area contributed by atoms with Crippen molar-refractivity contribution in [2.75, 3.05) is 19.6 Å². The highest BCUT2D eigenvalue weighted by Crippen LogP contribution is 2.40. The molecule has 0 bridgehead atoms. The molecule has 1 saturated carbocycles. The third kappa shape index (κ3) is 12.1. The quantitative estimate of drug-likeness (QED) is 0.0962. The second-order valence-electron chi connectivity index (χ2n) is 17.6. The number of carbonyl (C=O) groups excluding carboxylic acids is 3. The van der Waals surface area contributed by atoms with Gasteiger partial charge in [-0.2, -0.15) is 0 Å². The monoisotopic (exact) mass is 904 g/mol. The summed E-state index contributed by atoms with van der Waals surface area (Å²) >= 11 is 12.7. The molecular weight excluding hydrogens is 855 g/mol. The molecule has 0 radical (unpaired) electrons. The number of likely N-dealkylation sites (tertiary alicyclic amines) is 1. The number of hydrogen-bond acceptors (Lipinski definition) is 8. The molecule has 11 nitrogen and oxygen atoms in total. The van der Waals surface area contributed by atoms with Crippen LogP contribution >= 0.6 is 23.2 Å². The largest absolute Gasteiger partial charge is 0.486 e. The number of benzene rings is 3. The van der Waals surface area contributed by atoms with Crippen LogP contribution in [0.3, 0.4) is 0 Å². The third-order valence-electron chi connectivity index (χ3n) is 10.2. The SMILES string of the molecule is CC(C)(C)OC(=O)N(Cc1ccc(Cl)c(CN(C(=O)[C@H]2CN(C(=O)OC(C)(C)C)CC[C@@H]2c2ccc(OCc3cc(-c4c(F)ccc(F)c4Cl)no3)cc2)C2CC2)c1)CC(F)F. The summed E-state index contributed by atoms with van der Waals surface area (Å²) in [6.45, 7) is 9.76. The molecule has 0 unspecified atom stereocenters. The number of amides is 3. The molecule has 0 N–H and O–H groups in total. The van der Waals surface area contributed by atoms with Crippen molar-refractivity contribution in [3.05, 3.63) is 105 Å². The molecule has 2 atom stereocenters. The predicted molar refractivity (Wildman–Crippen MR) is 224 cm³/mol. The van der Waals surface area contributed by atoms with E-state index in [0.717, 1.165) is 35.4 Å². The van der Waals surface area contributed by atoms with E-state index in [-0.39, 0.29) is 61.1 Å². The zero-order valence-corrected chi connectivity index (χ0v) is 36.9. The number of ether oxygens (including phenoxy) is 3. The number of carbonyl (C=O) groups is 3. The Balaban J connectivity index is 1.21. The van der Waals surface area contributed by atoms with Crippen molar-refractivity contribution in [2.24, 2.45) is 5.92 Å². The number of aromatic nitrogens is 1. The Labute approximate surface area is 368 Å². The minimum absolute atomic E-state index is 0.0132. The maximum atomic E-state index is 14.9. The number of hydrogen-bond donors (Lipinski definition) is 0. The van der Waals surface area contributed by atoms with Crippen molar-refractivity contribution >= 4 is 41.3 Å². The lowest BCUT2D eigenvalue weighted by Crippen LogP contribution is -2.51. The van der Waals surface area contributed by atoms with Gasteiger partial charge in [-0.3, -0.25) is 9.69 Å². The van der Waals surface area contributed by atoms with Crippen LogP contribution in [-0.2, 0) is 34.0 Å². The van der Waals surface area contributed by atoms with Gasteiger partial charge >= 0.3 is 12.2 Å². The molecule has 1 saturated heterocycles. The lowest BCUT2D eigenvalue weighted by Gasteiger charge is -2.40. The third-order valence-corrected chi connectivity index (χ3v) is 11.0. The van der Waals surface area contributed by atoms with E-state index < -0.39 is 58.9 Å². The van der Waals surface area contributed by atoms with Crippen molar-refractivity contribution in [3.8, 4) is 17.0 Å². The minimum atomic E-state index is -2.79. The van der Waals surface area contributed by atoms with E-state index >= 15 is 0 Å². The first-order valence-electron chi connectivity index (χ1n) is 20.3. The summed E-state index contributed by atoms with van der Waals surface area (Å²) in [5, 5.41) is 3.78. The molecule has 1 aliphatic heterocycles. The van der Waals surface area contributed by atoms with Crippen LogP contribution in [0.25, 0.3) is 11.3 Å². The molecule has 6 rings (SSSR count). The predicted octanol–water partition coefficient (Wildman–Crippen LogP) is 11.0. The highest BCUT2D eigenvalue weighted by atomic mass is 35.5. The van der Waals surface area contributed by atoms with Gasteiger partial charge in [-0.05, 0) is 114 Å². The average Bonchev–Trinajstić information content (AvgIpc) is 3.93. The summed E-state index contributed by atoms with van der Waals surface area (Å²) in [6, 6.07) is 15.4. The van der Waals surface area contributed by atoms with Gasteiger partial charge in [0.25, 0.3) is 6.43 Å². The molecule has 62 heavy (non-hydrogen) atoms. The zero-order chi connectivity index (χ0) is 45.1. The van der Waals surface area contributed by atoms with Gasteiger partial charge in [0.2, 0.25) is 5.91 Å². The molecule has 3 aromatic carbocycles. The first-order valence-corrected chi connectivity index (χ1v) is 21.1. The van der Waals surface area contributed by atoms with Crippen LogP contribution in [-0.4, -0.2) is 81.3 Å². The fourth-order valence-electron chi connectivity index (χ4n) is 7.25. The van der Waals surface area contributed by atoms with Gasteiger partial charge in [0.15, 0.2) is 5.76 Å². The van der Waals surface area contributed by atoms with Crippen molar-refractivity contribution < 1.29 is 50.7 Å². The molecule has 334 valence electrons. The van der Waals surface area contributed by atoms with Crippen LogP contribution in [0.1, 0.15) is 89.2 Å². The number of nitrogens with zero attached hydrogens (tertiary/aromatic N) is 4. The Bertz CT molecular complexity index is 2240. The van der Waals surface area contributed by atoms with Gasteiger partial charge in [0.05, 0.1) is 23.0 Å². The molecule has 3 amide bonds. The number of rotatable bonds is 13. The maximum Gasteiger partial charge on any atom is 0.410 e. The summed E-state index contributed by atoms with van der Waals surface area (Å²) in [5.41, 5.74) is 0.0896. The zero-order valence-electron chi connectivity index (χ0n) is 35.4. The van der Waals surface area contributed by atoms with Gasteiger partial charge < -0.3 is 28.5 Å². The number of halogens is 6. The summed E-state index contributed by atoms with van der Waals surface area (Å²) in [7, 11) is 0. The lowest BCUT2D eigenvalue weighted by molar-refractivity contribution is -0.139. The molecule has 0 spiro atoms. The summed E-state index contributed by atoms with van der Waals surface area (Å²) < 4.78 is 78.0. The highest BCUT2D eigenvalue weighted by Gasteiger charge is 2.43. The van der Waals surface area contributed by atoms with Gasteiger partial charge in [0, 0.05) is 43.3 Å². The smallest absolute Gasteiger partial charge is 0.410 e. The van der Waals surface area contributed by atoms with Gasteiger partial charge in [-0.1, -0.05) is 52.6 Å². The fourth-order valence-corrected chi connectivity index (χ4v) is 7.68. The Morgan fingerprint density at radius 2 is 1.56 bits per heavy atom. The molecule has 2 heterocycles. The summed E-state index contributed by atoms with van der Waals surface area (Å²) in [5.74, 6) is -2.02. The maximum absolute atomic E-state index is 14.9. The molecule has 1 aromatic heterocycles. The standard InChI is InChI=1S/C45H50Cl2F4N4O7/c1-44(2,3)60-42(57)53-18-17-32(27-8-12-30(13-9-27)59-25-31-20-37(52-62-31)39-35(48)15-16-36(49)40(39)47)33(23-53)41(56)55(29-10-11-29)22-28-19-26(7-14-34(28)46)21-54(24-38(50)51)43(58)61-45(4,5)6/h7-9,12-16,19-20,29,32-33,38H,10-11,17-18,21-25H2,1-6H3/t32-,33+/m1/s1. The van der Waals surface area contributed by atoms with Crippen LogP contribution in [0.4, 0.5) is 27.2 Å². The lowest BCUT2D eigenvalue weighted by atomic mass is 9.79. The van der Waals surface area contributed by atoms with Crippen molar-refractivity contribution in [3.63, 3.8) is 0 Å². The number of alkyl halides is 2. The van der Waals surface area contributed by atoms with Crippen molar-refractivity contribution in [1.29, 1.82) is 0 Å². The summed E-state index contributed by atoms with van der Waals surface area (Å²) in [6.07, 6.45) is -2.21. The van der Waals surface area contributed by atoms with Gasteiger partial charge in [-0.15, -0.1) is 0 Å². The van der Waals surface area contributed by atoms with Crippen LogP contribution < -0.4 is 4.74 Å². The van der Waals surface area contributed by atoms with E-state index in [1.807, 2.05) is 12.1 Å². The first kappa shape index (κ1) is 46.5. The molecule has 17 heteroatoms. The van der Waals surface area contributed by atoms with E-state index in [2.05, 4.69) is 5.16 Å². The van der Waals surface area contributed by atoms with E-state index in [1.54, 1.807) is 81.7 Å². The Morgan fingerprint density at radius 1 is 0.887 bits per heavy atom. The molecule has 1 aliphatic carbocycles. The number of piperidine rings is 1. The Hall–Kier alpha value is -5.02. The highest BCUT2D eigenvalue weighted by molar-refractivity contribution is 6.33. The molecule has 2 aliphatic rings. The topological polar surface area (TPSA) is 115 Å². The van der Waals surface area contributed by atoms with E-state index in [1.165, 1.54) is 6.07 Å². The van der Waals surface area contributed by atoms with Crippen LogP contribution in [0.5, 0.6) is 5.75 Å². The van der Waals surface area contributed by atoms with Crippen molar-refractivity contribution in [1.82, 2.24) is 19.9 Å². The van der Waals surface area contributed by atoms with Crippen LogP contribution in [0, 0.1) is 17.6 Å². The normalized spacial score (nSPS) is 16.9. The second kappa shape index (κ2) is 19.2. The van der Waals surface area contributed by atoms with E-state index in [9.17, 15) is 31.9 Å². The van der Waals surface area contributed by atoms with Gasteiger partial charge in [-0.25, -0.2) is 27.2 Å². The van der Waals surface area contributed by atoms with Crippen LogP contribution in [0.2, 0.25) is 10.0 Å². The molecule has 2 fully saturated rings.